The molecule has 1 fully saturated rings. The third-order valence-corrected chi connectivity index (χ3v) is 6.14. The van der Waals surface area contributed by atoms with E-state index in [0.717, 1.165) is 36.7 Å². The molecule has 9 heteroatoms. The summed E-state index contributed by atoms with van der Waals surface area (Å²) in [4.78, 5) is 40.2. The fourth-order valence-electron chi connectivity index (χ4n) is 4.17. The van der Waals surface area contributed by atoms with E-state index in [1.165, 1.54) is 4.90 Å². The fraction of sp³-hybridized carbons (Fsp3) is 0.476. The van der Waals surface area contributed by atoms with Gasteiger partial charge in [-0.15, -0.1) is 0 Å². The van der Waals surface area contributed by atoms with Crippen molar-refractivity contribution in [1.29, 1.82) is 0 Å². The van der Waals surface area contributed by atoms with Gasteiger partial charge in [0.05, 0.1) is 6.54 Å². The van der Waals surface area contributed by atoms with Gasteiger partial charge in [0, 0.05) is 30.5 Å². The number of halogens is 1. The van der Waals surface area contributed by atoms with Crippen molar-refractivity contribution in [2.45, 2.75) is 32.1 Å². The molecule has 4 rings (SSSR count). The van der Waals surface area contributed by atoms with Crippen LogP contribution in [0.3, 0.4) is 0 Å². The number of hydrogen-bond donors (Lipinski definition) is 0. The van der Waals surface area contributed by atoms with Crippen molar-refractivity contribution in [2.24, 2.45) is 4.99 Å². The van der Waals surface area contributed by atoms with Gasteiger partial charge in [0.2, 0.25) is 5.96 Å². The molecule has 3 aliphatic rings. The molecular weight excluding hydrogens is 404 g/mol. The van der Waals surface area contributed by atoms with Crippen LogP contribution in [0.1, 0.15) is 18.9 Å². The Kier molecular flexibility index (Phi) is 5.46. The third-order valence-electron chi connectivity index (χ3n) is 5.78. The zero-order valence-electron chi connectivity index (χ0n) is 17.7. The van der Waals surface area contributed by atoms with E-state index in [1.54, 1.807) is 18.0 Å². The van der Waals surface area contributed by atoms with Gasteiger partial charge < -0.3 is 19.6 Å². The van der Waals surface area contributed by atoms with E-state index in [2.05, 4.69) is 9.80 Å². The summed E-state index contributed by atoms with van der Waals surface area (Å²) in [5, 5.41) is 0.537. The minimum atomic E-state index is -0.556. The largest absolute Gasteiger partial charge is 0.328 e. The standard InChI is InChI=1S/C21H27ClN6O2/c1-14-12-27-17-18(23-20(27)26(14)11-7-10-24(2)3)25(4)21(30)28(19(17)29)13-15-8-5-6-9-16(15)22/h5-6,8-9,12,17-18H,7,10-11,13H2,1-4H3. The molecule has 0 bridgehead atoms. The molecule has 0 aromatic heterocycles. The predicted molar refractivity (Wildman–Crippen MR) is 116 cm³/mol. The van der Waals surface area contributed by atoms with Crippen molar-refractivity contribution in [3.63, 3.8) is 0 Å². The summed E-state index contributed by atoms with van der Waals surface area (Å²) in [7, 11) is 5.80. The van der Waals surface area contributed by atoms with E-state index in [1.807, 2.05) is 50.3 Å². The van der Waals surface area contributed by atoms with Crippen LogP contribution in [0, 0.1) is 0 Å². The minimum absolute atomic E-state index is 0.142. The Morgan fingerprint density at radius 1 is 1.17 bits per heavy atom. The molecule has 3 amide bonds. The van der Waals surface area contributed by atoms with Gasteiger partial charge in [0.1, 0.15) is 0 Å². The van der Waals surface area contributed by atoms with Crippen LogP contribution in [-0.4, -0.2) is 88.8 Å². The summed E-state index contributed by atoms with van der Waals surface area (Å²) in [6, 6.07) is 6.36. The number of urea groups is 1. The lowest BCUT2D eigenvalue weighted by molar-refractivity contribution is -0.137. The highest BCUT2D eigenvalue weighted by Crippen LogP contribution is 2.34. The minimum Gasteiger partial charge on any atom is -0.315 e. The van der Waals surface area contributed by atoms with Crippen LogP contribution in [0.5, 0.6) is 0 Å². The highest BCUT2D eigenvalue weighted by molar-refractivity contribution is 6.31. The summed E-state index contributed by atoms with van der Waals surface area (Å²) in [5.74, 6) is 0.495. The fourth-order valence-corrected chi connectivity index (χ4v) is 4.36. The Balaban J connectivity index is 1.57. The molecule has 0 aliphatic carbocycles. The van der Waals surface area contributed by atoms with Crippen LogP contribution < -0.4 is 0 Å². The van der Waals surface area contributed by atoms with Gasteiger partial charge in [0.25, 0.3) is 5.91 Å². The summed E-state index contributed by atoms with van der Waals surface area (Å²) in [5.41, 5.74) is 1.79. The molecule has 30 heavy (non-hydrogen) atoms. The maximum absolute atomic E-state index is 13.4. The van der Waals surface area contributed by atoms with Gasteiger partial charge in [0.15, 0.2) is 12.2 Å². The van der Waals surface area contributed by atoms with Crippen LogP contribution in [0.25, 0.3) is 0 Å². The number of likely N-dealkylation sites (N-methyl/N-ethyl adjacent to an activating group) is 1. The number of nitrogens with zero attached hydrogens (tertiary/aromatic N) is 6. The Morgan fingerprint density at radius 3 is 2.60 bits per heavy atom. The molecule has 2 atom stereocenters. The first kappa shape index (κ1) is 20.7. The number of imide groups is 1. The number of carbonyl (C=O) groups is 2. The van der Waals surface area contributed by atoms with Gasteiger partial charge >= 0.3 is 6.03 Å². The van der Waals surface area contributed by atoms with Crippen LogP contribution in [0.4, 0.5) is 4.79 Å². The van der Waals surface area contributed by atoms with Gasteiger partial charge in [-0.1, -0.05) is 29.8 Å². The third kappa shape index (κ3) is 3.44. The molecule has 8 nitrogen and oxygen atoms in total. The first-order valence-electron chi connectivity index (χ1n) is 10.1. The summed E-state index contributed by atoms with van der Waals surface area (Å²) in [6.07, 6.45) is 2.42. The lowest BCUT2D eigenvalue weighted by Crippen LogP contribution is -2.63. The smallest absolute Gasteiger partial charge is 0.315 e. The van der Waals surface area contributed by atoms with Crippen molar-refractivity contribution in [1.82, 2.24) is 24.5 Å². The van der Waals surface area contributed by atoms with E-state index in [4.69, 9.17) is 16.6 Å². The number of rotatable bonds is 6. The van der Waals surface area contributed by atoms with Crippen LogP contribution in [0.15, 0.2) is 41.2 Å². The predicted octanol–water partition coefficient (Wildman–Crippen LogP) is 2.23. The van der Waals surface area contributed by atoms with Crippen LogP contribution in [0.2, 0.25) is 5.02 Å². The topological polar surface area (TPSA) is 62.7 Å². The molecule has 0 saturated carbocycles. The molecule has 2 unspecified atom stereocenters. The molecule has 1 saturated heterocycles. The number of carbonyl (C=O) groups excluding carboxylic acids is 2. The van der Waals surface area contributed by atoms with Crippen molar-refractivity contribution >= 4 is 29.5 Å². The lowest BCUT2D eigenvalue weighted by Gasteiger charge is -2.40. The monoisotopic (exact) mass is 430 g/mol. The molecular formula is C21H27ClN6O2. The van der Waals surface area contributed by atoms with Gasteiger partial charge in [-0.25, -0.2) is 9.79 Å². The first-order chi connectivity index (χ1) is 14.3. The summed E-state index contributed by atoms with van der Waals surface area (Å²) >= 11 is 6.27. The van der Waals surface area contributed by atoms with E-state index >= 15 is 0 Å². The van der Waals surface area contributed by atoms with Gasteiger partial charge in [-0.2, -0.15) is 0 Å². The quantitative estimate of drug-likeness (QED) is 0.692. The van der Waals surface area contributed by atoms with Crippen LogP contribution >= 0.6 is 11.6 Å². The Morgan fingerprint density at radius 2 is 1.90 bits per heavy atom. The Hall–Kier alpha value is -2.58. The molecule has 3 heterocycles. The highest BCUT2D eigenvalue weighted by atomic mass is 35.5. The van der Waals surface area contributed by atoms with Crippen molar-refractivity contribution in [2.75, 3.05) is 34.2 Å². The number of allylic oxidation sites excluding steroid dienone is 1. The van der Waals surface area contributed by atoms with Gasteiger partial charge in [-0.3, -0.25) is 9.69 Å². The highest BCUT2D eigenvalue weighted by Gasteiger charge is 2.54. The number of amides is 3. The van der Waals surface area contributed by atoms with Crippen molar-refractivity contribution < 1.29 is 9.59 Å². The average molecular weight is 431 g/mol. The molecule has 3 aliphatic heterocycles. The van der Waals surface area contributed by atoms with Crippen LogP contribution in [-0.2, 0) is 11.3 Å². The lowest BCUT2D eigenvalue weighted by atomic mass is 10.1. The first-order valence-corrected chi connectivity index (χ1v) is 10.5. The number of guanidine groups is 1. The molecule has 0 spiro atoms. The molecule has 1 aromatic rings. The van der Waals surface area contributed by atoms with Crippen molar-refractivity contribution in [3.8, 4) is 0 Å². The average Bonchev–Trinajstić information content (AvgIpc) is 3.20. The zero-order chi connectivity index (χ0) is 21.6. The second kappa shape index (κ2) is 7.92. The number of hydrogen-bond acceptors (Lipinski definition) is 6. The number of aliphatic imine (C=N–C) groups is 1. The maximum atomic E-state index is 13.4. The SMILES string of the molecule is CC1=CN2C(=NC3C2C(=O)N(Cc2ccccc2Cl)C(=O)N3C)N1CCCN(C)C. The van der Waals surface area contributed by atoms with Crippen molar-refractivity contribution in [3.05, 3.63) is 46.7 Å². The van der Waals surface area contributed by atoms with E-state index < -0.39 is 12.2 Å². The summed E-state index contributed by atoms with van der Waals surface area (Å²) < 4.78 is 0. The van der Waals surface area contributed by atoms with E-state index in [-0.39, 0.29) is 18.5 Å². The van der Waals surface area contributed by atoms with E-state index in [0.29, 0.717) is 5.02 Å². The second-order valence-electron chi connectivity index (χ2n) is 8.18. The number of benzene rings is 1. The molecule has 1 aromatic carbocycles. The normalized spacial score (nSPS) is 23.3. The zero-order valence-corrected chi connectivity index (χ0v) is 18.5. The molecule has 160 valence electrons. The second-order valence-corrected chi connectivity index (χ2v) is 8.59. The molecule has 0 N–H and O–H groups in total. The van der Waals surface area contributed by atoms with Gasteiger partial charge in [-0.05, 0) is 45.6 Å². The maximum Gasteiger partial charge on any atom is 0.328 e. The molecule has 0 radical (unpaired) electrons. The Bertz CT molecular complexity index is 930. The Labute approximate surface area is 182 Å². The van der Waals surface area contributed by atoms with E-state index in [9.17, 15) is 9.59 Å². The summed E-state index contributed by atoms with van der Waals surface area (Å²) in [6.45, 7) is 3.94. The number of fused-ring (bicyclic) bond motifs is 3.